The molecule has 0 atom stereocenters. The maximum atomic E-state index is 14.1. The minimum absolute atomic E-state index is 0.00940. The van der Waals surface area contributed by atoms with Gasteiger partial charge in [-0.15, -0.1) is 0 Å². The Morgan fingerprint density at radius 2 is 1.96 bits per heavy atom. The number of aromatic nitrogens is 2. The van der Waals surface area contributed by atoms with Gasteiger partial charge >= 0.3 is 6.18 Å². The standard InChI is InChI=1S/C13H9Cl2F4N3O/c1-22-12(13(17,18)19)10(15)11(21-22)7-3-6(5-20-23-2)8(14)4-9(7)16/h3-5H,1-2H3/b20-5+. The molecule has 1 aromatic heterocycles. The van der Waals surface area contributed by atoms with Crippen LogP contribution in [0.15, 0.2) is 17.3 Å². The van der Waals surface area contributed by atoms with E-state index in [9.17, 15) is 17.6 Å². The van der Waals surface area contributed by atoms with Crippen molar-refractivity contribution in [3.8, 4) is 11.3 Å². The predicted octanol–water partition coefficient (Wildman–Crippen LogP) is 4.53. The SMILES string of the molecule is CO/N=C/c1cc(-c2nn(C)c(C(F)(F)F)c2Cl)c(F)cc1Cl. The summed E-state index contributed by atoms with van der Waals surface area (Å²) in [6.07, 6.45) is -3.53. The molecule has 4 nitrogen and oxygen atoms in total. The molecule has 10 heteroatoms. The first-order chi connectivity index (χ1) is 10.7. The van der Waals surface area contributed by atoms with E-state index in [2.05, 4.69) is 15.1 Å². The van der Waals surface area contributed by atoms with Gasteiger partial charge in [0.1, 0.15) is 18.6 Å². The number of aryl methyl sites for hydroxylation is 1. The largest absolute Gasteiger partial charge is 0.434 e. The summed E-state index contributed by atoms with van der Waals surface area (Å²) in [7, 11) is 2.36. The van der Waals surface area contributed by atoms with Crippen LogP contribution in [0.2, 0.25) is 10.0 Å². The fraction of sp³-hybridized carbons (Fsp3) is 0.231. The molecule has 1 aromatic carbocycles. The predicted molar refractivity (Wildman–Crippen MR) is 78.2 cm³/mol. The summed E-state index contributed by atoms with van der Waals surface area (Å²) in [6, 6.07) is 2.13. The number of alkyl halides is 3. The molecule has 0 bridgehead atoms. The van der Waals surface area contributed by atoms with Crippen LogP contribution in [-0.2, 0) is 18.1 Å². The first-order valence-electron chi connectivity index (χ1n) is 6.02. The molecular weight excluding hydrogens is 361 g/mol. The van der Waals surface area contributed by atoms with Crippen molar-refractivity contribution in [3.63, 3.8) is 0 Å². The van der Waals surface area contributed by atoms with Gasteiger partial charge in [0.05, 0.1) is 16.3 Å². The van der Waals surface area contributed by atoms with E-state index in [-0.39, 0.29) is 21.8 Å². The Hall–Kier alpha value is -1.80. The van der Waals surface area contributed by atoms with Crippen molar-refractivity contribution < 1.29 is 22.4 Å². The molecule has 2 aromatic rings. The van der Waals surface area contributed by atoms with E-state index in [0.717, 1.165) is 13.1 Å². The summed E-state index contributed by atoms with van der Waals surface area (Å²) in [5, 5.41) is 6.46. The average Bonchev–Trinajstić information content (AvgIpc) is 2.72. The molecule has 0 aliphatic rings. The second kappa shape index (κ2) is 6.37. The lowest BCUT2D eigenvalue weighted by Crippen LogP contribution is -2.12. The summed E-state index contributed by atoms with van der Waals surface area (Å²) >= 11 is 11.6. The van der Waals surface area contributed by atoms with Crippen LogP contribution in [0.1, 0.15) is 11.3 Å². The fourth-order valence-electron chi connectivity index (χ4n) is 1.93. The van der Waals surface area contributed by atoms with Gasteiger partial charge in [0.25, 0.3) is 0 Å². The summed E-state index contributed by atoms with van der Waals surface area (Å²) in [4.78, 5) is 4.49. The average molecular weight is 370 g/mol. The number of hydrogen-bond donors (Lipinski definition) is 0. The normalized spacial score (nSPS) is 12.2. The maximum Gasteiger partial charge on any atom is 0.434 e. The lowest BCUT2D eigenvalue weighted by atomic mass is 10.1. The number of rotatable bonds is 3. The van der Waals surface area contributed by atoms with Crippen LogP contribution in [0.4, 0.5) is 17.6 Å². The third-order valence-corrected chi connectivity index (χ3v) is 3.58. The van der Waals surface area contributed by atoms with Gasteiger partial charge in [-0.25, -0.2) is 4.39 Å². The lowest BCUT2D eigenvalue weighted by molar-refractivity contribution is -0.143. The minimum Gasteiger partial charge on any atom is -0.399 e. The third kappa shape index (κ3) is 3.42. The molecule has 0 radical (unpaired) electrons. The first kappa shape index (κ1) is 17.6. The Labute approximate surface area is 138 Å². The van der Waals surface area contributed by atoms with E-state index in [0.29, 0.717) is 4.68 Å². The molecule has 1 heterocycles. The molecule has 0 aliphatic carbocycles. The second-order valence-corrected chi connectivity index (χ2v) is 5.19. The zero-order valence-electron chi connectivity index (χ0n) is 11.7. The molecule has 0 amide bonds. The molecule has 23 heavy (non-hydrogen) atoms. The molecule has 0 saturated heterocycles. The highest BCUT2D eigenvalue weighted by Gasteiger charge is 2.39. The van der Waals surface area contributed by atoms with Crippen molar-refractivity contribution in [1.29, 1.82) is 0 Å². The van der Waals surface area contributed by atoms with Crippen molar-refractivity contribution in [2.75, 3.05) is 7.11 Å². The fourth-order valence-corrected chi connectivity index (χ4v) is 2.50. The summed E-state index contributed by atoms with van der Waals surface area (Å²) < 4.78 is 53.5. The van der Waals surface area contributed by atoms with Gasteiger partial charge in [0.2, 0.25) is 0 Å². The van der Waals surface area contributed by atoms with Gasteiger partial charge in [-0.2, -0.15) is 18.3 Å². The zero-order valence-corrected chi connectivity index (χ0v) is 13.3. The van der Waals surface area contributed by atoms with Crippen LogP contribution in [-0.4, -0.2) is 23.1 Å². The molecule has 0 N–H and O–H groups in total. The molecule has 0 unspecified atom stereocenters. The molecule has 2 rings (SSSR count). The topological polar surface area (TPSA) is 39.4 Å². The van der Waals surface area contributed by atoms with Crippen LogP contribution in [0, 0.1) is 5.82 Å². The maximum absolute atomic E-state index is 14.1. The second-order valence-electron chi connectivity index (χ2n) is 4.40. The van der Waals surface area contributed by atoms with Crippen molar-refractivity contribution >= 4 is 29.4 Å². The summed E-state index contributed by atoms with van der Waals surface area (Å²) in [6.45, 7) is 0. The molecule has 0 saturated carbocycles. The Morgan fingerprint density at radius 1 is 1.30 bits per heavy atom. The van der Waals surface area contributed by atoms with Crippen molar-refractivity contribution in [1.82, 2.24) is 9.78 Å². The van der Waals surface area contributed by atoms with E-state index in [4.69, 9.17) is 23.2 Å². The van der Waals surface area contributed by atoms with Crippen LogP contribution in [0.3, 0.4) is 0 Å². The number of nitrogens with zero attached hydrogens (tertiary/aromatic N) is 3. The van der Waals surface area contributed by atoms with E-state index >= 15 is 0 Å². The van der Waals surface area contributed by atoms with Gasteiger partial charge in [0.15, 0.2) is 5.69 Å². The highest BCUT2D eigenvalue weighted by atomic mass is 35.5. The van der Waals surface area contributed by atoms with Crippen LogP contribution >= 0.6 is 23.2 Å². The van der Waals surface area contributed by atoms with Crippen molar-refractivity contribution in [3.05, 3.63) is 39.3 Å². The van der Waals surface area contributed by atoms with E-state index < -0.39 is 22.7 Å². The number of benzene rings is 1. The number of oxime groups is 1. The van der Waals surface area contributed by atoms with Crippen LogP contribution in [0.5, 0.6) is 0 Å². The van der Waals surface area contributed by atoms with Crippen molar-refractivity contribution in [2.24, 2.45) is 12.2 Å². The van der Waals surface area contributed by atoms with Crippen LogP contribution < -0.4 is 0 Å². The van der Waals surface area contributed by atoms with Gasteiger partial charge in [0, 0.05) is 18.2 Å². The Morgan fingerprint density at radius 3 is 2.48 bits per heavy atom. The molecule has 124 valence electrons. The Bertz CT molecular complexity index is 772. The minimum atomic E-state index is -4.72. The Kier molecular flexibility index (Phi) is 4.86. The van der Waals surface area contributed by atoms with Gasteiger partial charge in [-0.3, -0.25) is 4.68 Å². The molecule has 0 aliphatic heterocycles. The number of halogens is 6. The van der Waals surface area contributed by atoms with Crippen molar-refractivity contribution in [2.45, 2.75) is 6.18 Å². The summed E-state index contributed by atoms with van der Waals surface area (Å²) in [5.74, 6) is -0.863. The third-order valence-electron chi connectivity index (χ3n) is 2.90. The first-order valence-corrected chi connectivity index (χ1v) is 6.78. The van der Waals surface area contributed by atoms with E-state index in [1.807, 2.05) is 0 Å². The molecular formula is C13H9Cl2F4N3O. The molecule has 0 fully saturated rings. The van der Waals surface area contributed by atoms with E-state index in [1.54, 1.807) is 0 Å². The molecule has 0 spiro atoms. The van der Waals surface area contributed by atoms with Gasteiger partial charge in [-0.05, 0) is 12.1 Å². The van der Waals surface area contributed by atoms with E-state index in [1.165, 1.54) is 19.4 Å². The quantitative estimate of drug-likeness (QED) is 0.452. The summed E-state index contributed by atoms with van der Waals surface area (Å²) in [5.41, 5.74) is -1.51. The smallest absolute Gasteiger partial charge is 0.399 e. The Balaban J connectivity index is 2.66. The highest BCUT2D eigenvalue weighted by molar-refractivity contribution is 6.34. The highest BCUT2D eigenvalue weighted by Crippen LogP contribution is 2.40. The monoisotopic (exact) mass is 369 g/mol. The zero-order chi connectivity index (χ0) is 17.4. The van der Waals surface area contributed by atoms with Gasteiger partial charge in [-0.1, -0.05) is 28.4 Å². The van der Waals surface area contributed by atoms with Crippen LogP contribution in [0.25, 0.3) is 11.3 Å². The lowest BCUT2D eigenvalue weighted by Gasteiger charge is -2.06. The van der Waals surface area contributed by atoms with Gasteiger partial charge < -0.3 is 4.84 Å². The number of hydrogen-bond acceptors (Lipinski definition) is 3.